The molecule has 5 aromatic rings. The van der Waals surface area contributed by atoms with Crippen LogP contribution in [0.1, 0.15) is 0 Å². The Kier molecular flexibility index (Phi) is 3.60. The van der Waals surface area contributed by atoms with Crippen LogP contribution < -0.4 is 0 Å². The minimum Gasteiger partial charge on any atom is -0.133 e. The molecule has 4 aromatic carbocycles. The Hall–Kier alpha value is -1.87. The molecule has 0 unspecified atom stereocenters. The lowest BCUT2D eigenvalue weighted by Crippen LogP contribution is -1.82. The summed E-state index contributed by atoms with van der Waals surface area (Å²) in [5.74, 6) is 0. The molecule has 0 nitrogen and oxygen atoms in total. The zero-order chi connectivity index (χ0) is 17.0. The van der Waals surface area contributed by atoms with Gasteiger partial charge in [0.1, 0.15) is 0 Å². The zero-order valence-electron chi connectivity index (χ0n) is 13.1. The monoisotopic (exact) mass is 422 g/mol. The molecule has 0 aliphatic rings. The molecular weight excluding hydrogens is 412 g/mol. The number of benzene rings is 4. The van der Waals surface area contributed by atoms with Crippen molar-refractivity contribution in [1.29, 1.82) is 0 Å². The standard InChI is InChI=1S/C22H12BrClS/c23-14-6-3-5-13(11-14)18-12-19-17-9-4-10-20(24)22(17)25-21(19)16-8-2-1-7-15(16)18/h1-12H. The van der Waals surface area contributed by atoms with Crippen LogP contribution in [0.3, 0.4) is 0 Å². The van der Waals surface area contributed by atoms with Crippen molar-refractivity contribution in [2.45, 2.75) is 0 Å². The van der Waals surface area contributed by atoms with Gasteiger partial charge in [-0.25, -0.2) is 0 Å². The lowest BCUT2D eigenvalue weighted by molar-refractivity contribution is 1.63. The first-order valence-electron chi connectivity index (χ1n) is 8.01. The maximum Gasteiger partial charge on any atom is 0.0584 e. The van der Waals surface area contributed by atoms with Crippen LogP contribution >= 0.6 is 38.9 Å². The van der Waals surface area contributed by atoms with Crippen LogP contribution in [-0.2, 0) is 0 Å². The maximum atomic E-state index is 6.46. The number of rotatable bonds is 1. The molecule has 3 heteroatoms. The van der Waals surface area contributed by atoms with E-state index in [-0.39, 0.29) is 0 Å². The molecule has 1 aromatic heterocycles. The topological polar surface area (TPSA) is 0 Å². The molecule has 5 rings (SSSR count). The Morgan fingerprint density at radius 3 is 2.24 bits per heavy atom. The van der Waals surface area contributed by atoms with Gasteiger partial charge in [-0.2, -0.15) is 0 Å². The van der Waals surface area contributed by atoms with E-state index in [4.69, 9.17) is 11.6 Å². The second-order valence-corrected chi connectivity index (χ2v) is 8.42. The summed E-state index contributed by atoms with van der Waals surface area (Å²) < 4.78 is 3.56. The summed E-state index contributed by atoms with van der Waals surface area (Å²) in [6.45, 7) is 0. The van der Waals surface area contributed by atoms with Gasteiger partial charge in [-0.1, -0.05) is 76.1 Å². The highest BCUT2D eigenvalue weighted by molar-refractivity contribution is 9.10. The van der Waals surface area contributed by atoms with Crippen molar-refractivity contribution in [3.8, 4) is 11.1 Å². The highest BCUT2D eigenvalue weighted by Gasteiger charge is 2.14. The van der Waals surface area contributed by atoms with Crippen LogP contribution in [0.25, 0.3) is 42.1 Å². The lowest BCUT2D eigenvalue weighted by atomic mass is 9.95. The third-order valence-electron chi connectivity index (χ3n) is 4.59. The van der Waals surface area contributed by atoms with Gasteiger partial charge < -0.3 is 0 Å². The van der Waals surface area contributed by atoms with Crippen LogP contribution in [-0.4, -0.2) is 0 Å². The van der Waals surface area contributed by atoms with Gasteiger partial charge in [-0.15, -0.1) is 11.3 Å². The molecule has 0 amide bonds. The molecular formula is C22H12BrClS. The number of thiophene rings is 1. The lowest BCUT2D eigenvalue weighted by Gasteiger charge is -2.09. The second-order valence-electron chi connectivity index (χ2n) is 6.08. The van der Waals surface area contributed by atoms with E-state index in [9.17, 15) is 0 Å². The first-order chi connectivity index (χ1) is 12.2. The molecule has 120 valence electrons. The van der Waals surface area contributed by atoms with Crippen LogP contribution in [0.15, 0.2) is 77.3 Å². The maximum absolute atomic E-state index is 6.46. The van der Waals surface area contributed by atoms with E-state index in [1.807, 2.05) is 12.1 Å². The minimum atomic E-state index is 0.826. The summed E-state index contributed by atoms with van der Waals surface area (Å²) in [4.78, 5) is 0. The Morgan fingerprint density at radius 1 is 0.680 bits per heavy atom. The molecule has 0 radical (unpaired) electrons. The second kappa shape index (κ2) is 5.84. The van der Waals surface area contributed by atoms with Crippen LogP contribution in [0, 0.1) is 0 Å². The van der Waals surface area contributed by atoms with Crippen molar-refractivity contribution in [3.63, 3.8) is 0 Å². The molecule has 0 saturated carbocycles. The third kappa shape index (κ3) is 2.40. The fraction of sp³-hybridized carbons (Fsp3) is 0. The van der Waals surface area contributed by atoms with Gasteiger partial charge in [0.15, 0.2) is 0 Å². The molecule has 0 atom stereocenters. The van der Waals surface area contributed by atoms with Crippen LogP contribution in [0.4, 0.5) is 0 Å². The van der Waals surface area contributed by atoms with Gasteiger partial charge in [-0.3, -0.25) is 0 Å². The molecule has 0 fully saturated rings. The predicted molar refractivity (Wildman–Crippen MR) is 115 cm³/mol. The predicted octanol–water partition coefficient (Wildman–Crippen LogP) is 8.29. The molecule has 1 heterocycles. The highest BCUT2D eigenvalue weighted by Crippen LogP contribution is 2.44. The normalized spacial score (nSPS) is 11.6. The van der Waals surface area contributed by atoms with E-state index in [2.05, 4.69) is 76.6 Å². The van der Waals surface area contributed by atoms with Crippen LogP contribution in [0.5, 0.6) is 0 Å². The quantitative estimate of drug-likeness (QED) is 0.254. The number of halogens is 2. The largest absolute Gasteiger partial charge is 0.133 e. The third-order valence-corrected chi connectivity index (χ3v) is 6.80. The molecule has 0 spiro atoms. The molecule has 0 saturated heterocycles. The molecule has 0 aliphatic heterocycles. The smallest absolute Gasteiger partial charge is 0.0584 e. The molecule has 0 aliphatic carbocycles. The molecule has 0 bridgehead atoms. The summed E-state index contributed by atoms with van der Waals surface area (Å²) in [7, 11) is 0. The van der Waals surface area contributed by atoms with Crippen molar-refractivity contribution in [3.05, 3.63) is 82.3 Å². The highest BCUT2D eigenvalue weighted by atomic mass is 79.9. The van der Waals surface area contributed by atoms with Crippen molar-refractivity contribution < 1.29 is 0 Å². The Bertz CT molecular complexity index is 1270. The van der Waals surface area contributed by atoms with Crippen molar-refractivity contribution in [2.75, 3.05) is 0 Å². The van der Waals surface area contributed by atoms with E-state index in [0.29, 0.717) is 0 Å². The van der Waals surface area contributed by atoms with Crippen LogP contribution in [0.2, 0.25) is 5.02 Å². The number of hydrogen-bond acceptors (Lipinski definition) is 1. The van der Waals surface area contributed by atoms with Crippen molar-refractivity contribution >= 4 is 69.8 Å². The summed E-state index contributed by atoms with van der Waals surface area (Å²) in [5.41, 5.74) is 2.47. The summed E-state index contributed by atoms with van der Waals surface area (Å²) in [5, 5.41) is 5.89. The van der Waals surface area contributed by atoms with Gasteiger partial charge in [0.25, 0.3) is 0 Å². The average Bonchev–Trinajstić information content (AvgIpc) is 3.01. The first kappa shape index (κ1) is 15.4. The zero-order valence-corrected chi connectivity index (χ0v) is 16.3. The Balaban J connectivity index is 2.00. The number of fused-ring (bicyclic) bond motifs is 5. The van der Waals surface area contributed by atoms with E-state index < -0.39 is 0 Å². The van der Waals surface area contributed by atoms with Crippen molar-refractivity contribution in [2.24, 2.45) is 0 Å². The summed E-state index contributed by atoms with van der Waals surface area (Å²) >= 11 is 11.8. The van der Waals surface area contributed by atoms with Gasteiger partial charge in [0, 0.05) is 25.3 Å². The van der Waals surface area contributed by atoms with Gasteiger partial charge in [0.05, 0.1) is 9.72 Å². The van der Waals surface area contributed by atoms with Gasteiger partial charge in [0.2, 0.25) is 0 Å². The Morgan fingerprint density at radius 2 is 1.40 bits per heavy atom. The number of hydrogen-bond donors (Lipinski definition) is 0. The van der Waals surface area contributed by atoms with E-state index in [0.717, 1.165) is 14.2 Å². The van der Waals surface area contributed by atoms with Crippen molar-refractivity contribution in [1.82, 2.24) is 0 Å². The molecule has 0 N–H and O–H groups in total. The fourth-order valence-corrected chi connectivity index (χ4v) is 5.39. The first-order valence-corrected chi connectivity index (χ1v) is 9.99. The van der Waals surface area contributed by atoms with E-state index in [1.165, 1.54) is 37.4 Å². The minimum absolute atomic E-state index is 0.826. The van der Waals surface area contributed by atoms with E-state index in [1.54, 1.807) is 11.3 Å². The van der Waals surface area contributed by atoms with Gasteiger partial charge in [-0.05, 0) is 40.8 Å². The Labute approximate surface area is 162 Å². The fourth-order valence-electron chi connectivity index (χ4n) is 3.48. The van der Waals surface area contributed by atoms with Gasteiger partial charge >= 0.3 is 0 Å². The SMILES string of the molecule is Clc1cccc2c1sc1c3ccccc3c(-c3cccc(Br)c3)cc21. The van der Waals surface area contributed by atoms with E-state index >= 15 is 0 Å². The summed E-state index contributed by atoms with van der Waals surface area (Å²) in [6.07, 6.45) is 0. The molecule has 25 heavy (non-hydrogen) atoms. The average molecular weight is 424 g/mol. The summed E-state index contributed by atoms with van der Waals surface area (Å²) in [6, 6.07) is 25.6.